The molecule has 5 nitrogen and oxygen atoms in total. The fourth-order valence-corrected chi connectivity index (χ4v) is 2.06. The highest BCUT2D eigenvalue weighted by atomic mass is 16.3. The van der Waals surface area contributed by atoms with Crippen LogP contribution in [-0.2, 0) is 0 Å². The van der Waals surface area contributed by atoms with Gasteiger partial charge in [-0.15, -0.1) is 0 Å². The molecule has 4 N–H and O–H groups in total. The SMILES string of the molecule is CC(NCCCCNC(=O)c1ccc(O)c(O)c1)=C1CC1. The van der Waals surface area contributed by atoms with E-state index < -0.39 is 0 Å². The van der Waals surface area contributed by atoms with E-state index >= 15 is 0 Å². The quantitative estimate of drug-likeness (QED) is 0.458. The monoisotopic (exact) mass is 290 g/mol. The number of phenolic OH excluding ortho intramolecular Hbond substituents is 2. The molecule has 0 aromatic heterocycles. The second-order valence-electron chi connectivity index (χ2n) is 5.32. The average Bonchev–Trinajstić information content (AvgIpc) is 3.29. The van der Waals surface area contributed by atoms with Gasteiger partial charge in [0, 0.05) is 24.4 Å². The van der Waals surface area contributed by atoms with Gasteiger partial charge < -0.3 is 20.8 Å². The van der Waals surface area contributed by atoms with Gasteiger partial charge in [-0.2, -0.15) is 0 Å². The summed E-state index contributed by atoms with van der Waals surface area (Å²) in [6.45, 7) is 3.63. The second kappa shape index (κ2) is 7.02. The Morgan fingerprint density at radius 2 is 1.76 bits per heavy atom. The number of rotatable bonds is 7. The highest BCUT2D eigenvalue weighted by molar-refractivity contribution is 5.94. The van der Waals surface area contributed by atoms with Crippen LogP contribution < -0.4 is 10.6 Å². The lowest BCUT2D eigenvalue weighted by Gasteiger charge is -2.08. The number of benzene rings is 1. The van der Waals surface area contributed by atoms with Crippen LogP contribution in [0, 0.1) is 0 Å². The van der Waals surface area contributed by atoms with Gasteiger partial charge in [-0.05, 0) is 50.8 Å². The Balaban J connectivity index is 1.62. The largest absolute Gasteiger partial charge is 0.504 e. The van der Waals surface area contributed by atoms with E-state index in [0.717, 1.165) is 19.4 Å². The van der Waals surface area contributed by atoms with Crippen molar-refractivity contribution in [2.24, 2.45) is 0 Å². The summed E-state index contributed by atoms with van der Waals surface area (Å²) in [5.41, 5.74) is 3.17. The van der Waals surface area contributed by atoms with E-state index in [1.807, 2.05) is 0 Å². The first-order chi connectivity index (χ1) is 10.1. The Labute approximate surface area is 124 Å². The number of phenols is 2. The van der Waals surface area contributed by atoms with Crippen LogP contribution >= 0.6 is 0 Å². The van der Waals surface area contributed by atoms with Crippen LogP contribution in [0.15, 0.2) is 29.5 Å². The Kier molecular flexibility index (Phi) is 5.09. The van der Waals surface area contributed by atoms with Crippen molar-refractivity contribution in [3.8, 4) is 11.5 Å². The predicted molar refractivity (Wildman–Crippen MR) is 81.3 cm³/mol. The zero-order chi connectivity index (χ0) is 15.2. The van der Waals surface area contributed by atoms with E-state index in [2.05, 4.69) is 17.6 Å². The van der Waals surface area contributed by atoms with Gasteiger partial charge >= 0.3 is 0 Å². The lowest BCUT2D eigenvalue weighted by molar-refractivity contribution is 0.0952. The summed E-state index contributed by atoms with van der Waals surface area (Å²) in [5, 5.41) is 24.7. The van der Waals surface area contributed by atoms with Gasteiger partial charge in [-0.3, -0.25) is 4.79 Å². The lowest BCUT2D eigenvalue weighted by Crippen LogP contribution is -2.25. The molecule has 21 heavy (non-hydrogen) atoms. The zero-order valence-electron chi connectivity index (χ0n) is 12.3. The number of aromatic hydroxyl groups is 2. The number of hydrogen-bond acceptors (Lipinski definition) is 4. The van der Waals surface area contributed by atoms with Gasteiger partial charge in [0.05, 0.1) is 0 Å². The molecule has 1 fully saturated rings. The molecule has 5 heteroatoms. The number of carbonyl (C=O) groups is 1. The van der Waals surface area contributed by atoms with Gasteiger partial charge in [0.1, 0.15) is 0 Å². The predicted octanol–water partition coefficient (Wildman–Crippen LogP) is 2.27. The van der Waals surface area contributed by atoms with Crippen LogP contribution in [0.2, 0.25) is 0 Å². The molecule has 0 bridgehead atoms. The third kappa shape index (κ3) is 4.70. The van der Waals surface area contributed by atoms with Crippen molar-refractivity contribution >= 4 is 5.91 Å². The van der Waals surface area contributed by atoms with Crippen LogP contribution in [0.5, 0.6) is 11.5 Å². The highest BCUT2D eigenvalue weighted by Gasteiger charge is 2.14. The van der Waals surface area contributed by atoms with Crippen LogP contribution in [0.4, 0.5) is 0 Å². The van der Waals surface area contributed by atoms with Crippen molar-refractivity contribution in [1.29, 1.82) is 0 Å². The average molecular weight is 290 g/mol. The van der Waals surface area contributed by atoms with Crippen molar-refractivity contribution in [3.05, 3.63) is 35.0 Å². The molecule has 0 aliphatic heterocycles. The van der Waals surface area contributed by atoms with Gasteiger partial charge in [0.15, 0.2) is 11.5 Å². The molecule has 1 aromatic rings. The topological polar surface area (TPSA) is 81.6 Å². The summed E-state index contributed by atoms with van der Waals surface area (Å²) in [7, 11) is 0. The smallest absolute Gasteiger partial charge is 0.251 e. The molecular weight excluding hydrogens is 268 g/mol. The van der Waals surface area contributed by atoms with E-state index in [-0.39, 0.29) is 17.4 Å². The molecule has 2 rings (SSSR count). The molecule has 0 atom stereocenters. The molecule has 114 valence electrons. The number of nitrogens with one attached hydrogen (secondary N) is 2. The van der Waals surface area contributed by atoms with Gasteiger partial charge in [0.25, 0.3) is 5.91 Å². The maximum atomic E-state index is 11.8. The van der Waals surface area contributed by atoms with Crippen molar-refractivity contribution in [3.63, 3.8) is 0 Å². The minimum atomic E-state index is -0.282. The minimum absolute atomic E-state index is 0.224. The second-order valence-corrected chi connectivity index (χ2v) is 5.32. The number of allylic oxidation sites excluding steroid dienone is 2. The maximum absolute atomic E-state index is 11.8. The highest BCUT2D eigenvalue weighted by Crippen LogP contribution is 2.30. The fourth-order valence-electron chi connectivity index (χ4n) is 2.06. The Bertz CT molecular complexity index is 546. The van der Waals surface area contributed by atoms with Crippen LogP contribution in [0.25, 0.3) is 0 Å². The normalized spacial score (nSPS) is 12.9. The first-order valence-corrected chi connectivity index (χ1v) is 7.30. The molecule has 0 radical (unpaired) electrons. The standard InChI is InChI=1S/C16H22N2O3/c1-11(12-4-5-12)17-8-2-3-9-18-16(21)13-6-7-14(19)15(20)10-13/h6-7,10,17,19-20H,2-5,8-9H2,1H3,(H,18,21). The number of carbonyl (C=O) groups excluding carboxylic acids is 1. The molecule has 0 unspecified atom stereocenters. The van der Waals surface area contributed by atoms with Gasteiger partial charge in [0.2, 0.25) is 0 Å². The number of amides is 1. The van der Waals surface area contributed by atoms with E-state index in [4.69, 9.17) is 0 Å². The molecule has 1 aliphatic rings. The Morgan fingerprint density at radius 1 is 1.10 bits per heavy atom. The summed E-state index contributed by atoms with van der Waals surface area (Å²) < 4.78 is 0. The van der Waals surface area contributed by atoms with Gasteiger partial charge in [-0.1, -0.05) is 5.57 Å². The molecule has 0 spiro atoms. The van der Waals surface area contributed by atoms with Crippen LogP contribution in [-0.4, -0.2) is 29.2 Å². The summed E-state index contributed by atoms with van der Waals surface area (Å²) in [6.07, 6.45) is 4.35. The Morgan fingerprint density at radius 3 is 2.38 bits per heavy atom. The van der Waals surface area contributed by atoms with E-state index in [1.54, 1.807) is 0 Å². The molecule has 1 aromatic carbocycles. The maximum Gasteiger partial charge on any atom is 0.251 e. The van der Waals surface area contributed by atoms with E-state index in [1.165, 1.54) is 42.3 Å². The molecule has 1 saturated carbocycles. The Hall–Kier alpha value is -2.17. The van der Waals surface area contributed by atoms with E-state index in [9.17, 15) is 15.0 Å². The summed E-state index contributed by atoms with van der Waals surface area (Å²) >= 11 is 0. The number of unbranched alkanes of at least 4 members (excludes halogenated alkanes) is 1. The summed E-state index contributed by atoms with van der Waals surface area (Å²) in [5.74, 6) is -0.747. The van der Waals surface area contributed by atoms with Gasteiger partial charge in [-0.25, -0.2) is 0 Å². The molecule has 0 saturated heterocycles. The van der Waals surface area contributed by atoms with E-state index in [0.29, 0.717) is 12.1 Å². The minimum Gasteiger partial charge on any atom is -0.504 e. The third-order valence-electron chi connectivity index (χ3n) is 3.55. The van der Waals surface area contributed by atoms with Crippen LogP contribution in [0.3, 0.4) is 0 Å². The molecule has 1 aliphatic carbocycles. The van der Waals surface area contributed by atoms with Crippen molar-refractivity contribution in [2.45, 2.75) is 32.6 Å². The van der Waals surface area contributed by atoms with Crippen LogP contribution in [0.1, 0.15) is 43.0 Å². The van der Waals surface area contributed by atoms with Crippen molar-refractivity contribution in [2.75, 3.05) is 13.1 Å². The third-order valence-corrected chi connectivity index (χ3v) is 3.55. The summed E-state index contributed by atoms with van der Waals surface area (Å²) in [4.78, 5) is 11.8. The first-order valence-electron chi connectivity index (χ1n) is 7.30. The first kappa shape index (κ1) is 15.2. The van der Waals surface area contributed by atoms with Crippen molar-refractivity contribution < 1.29 is 15.0 Å². The lowest BCUT2D eigenvalue weighted by atomic mass is 10.2. The summed E-state index contributed by atoms with van der Waals surface area (Å²) in [6, 6.07) is 4.05. The molecular formula is C16H22N2O3. The fraction of sp³-hybridized carbons (Fsp3) is 0.438. The molecule has 1 amide bonds. The number of hydrogen-bond donors (Lipinski definition) is 4. The zero-order valence-corrected chi connectivity index (χ0v) is 12.3. The van der Waals surface area contributed by atoms with Crippen molar-refractivity contribution in [1.82, 2.24) is 10.6 Å². The molecule has 0 heterocycles.